The van der Waals surface area contributed by atoms with Crippen LogP contribution in [0.25, 0.3) is 0 Å². The molecule has 0 bridgehead atoms. The van der Waals surface area contributed by atoms with Crippen molar-refractivity contribution in [2.24, 2.45) is 11.7 Å². The van der Waals surface area contributed by atoms with E-state index in [0.29, 0.717) is 5.56 Å². The molecule has 0 amide bonds. The van der Waals surface area contributed by atoms with E-state index in [0.717, 1.165) is 0 Å². The summed E-state index contributed by atoms with van der Waals surface area (Å²) >= 11 is 4.89. The molecule has 0 aliphatic carbocycles. The number of hydrogen-bond acceptors (Lipinski definition) is 3. The van der Waals surface area contributed by atoms with Gasteiger partial charge in [-0.05, 0) is 24.5 Å². The molecule has 1 aromatic rings. The Bertz CT molecular complexity index is 539. The van der Waals surface area contributed by atoms with E-state index in [1.165, 1.54) is 0 Å². The highest BCUT2D eigenvalue weighted by Crippen LogP contribution is 2.15. The Morgan fingerprint density at radius 3 is 2.33 bits per heavy atom. The van der Waals surface area contributed by atoms with Gasteiger partial charge in [0.2, 0.25) is 10.0 Å². The first kappa shape index (κ1) is 15.1. The van der Waals surface area contributed by atoms with Crippen LogP contribution in [0, 0.1) is 12.8 Å². The maximum atomic E-state index is 12.2. The van der Waals surface area contributed by atoms with Crippen molar-refractivity contribution >= 4 is 27.2 Å². The molecule has 18 heavy (non-hydrogen) atoms. The largest absolute Gasteiger partial charge is 0.392 e. The van der Waals surface area contributed by atoms with Gasteiger partial charge in [0.1, 0.15) is 0 Å². The highest BCUT2D eigenvalue weighted by molar-refractivity contribution is 7.89. The molecular weight excluding hydrogens is 268 g/mol. The predicted molar refractivity (Wildman–Crippen MR) is 76.9 cm³/mol. The SMILES string of the molecule is Cc1ccccc1S(=O)(=O)NC(C(N)=S)C(C)C. The van der Waals surface area contributed by atoms with E-state index in [4.69, 9.17) is 18.0 Å². The van der Waals surface area contributed by atoms with E-state index in [1.807, 2.05) is 13.8 Å². The van der Waals surface area contributed by atoms with Crippen LogP contribution in [-0.4, -0.2) is 19.4 Å². The van der Waals surface area contributed by atoms with Gasteiger partial charge in [-0.2, -0.15) is 0 Å². The lowest BCUT2D eigenvalue weighted by Crippen LogP contribution is -2.46. The van der Waals surface area contributed by atoms with Gasteiger partial charge in [-0.25, -0.2) is 13.1 Å². The molecule has 4 nitrogen and oxygen atoms in total. The van der Waals surface area contributed by atoms with Crippen LogP contribution < -0.4 is 10.5 Å². The molecule has 0 saturated carbocycles. The molecule has 0 aliphatic heterocycles. The number of aryl methyl sites for hydroxylation is 1. The Balaban J connectivity index is 3.09. The fourth-order valence-corrected chi connectivity index (χ4v) is 3.63. The summed E-state index contributed by atoms with van der Waals surface area (Å²) in [6.07, 6.45) is 0. The molecule has 0 spiro atoms. The fraction of sp³-hybridized carbons (Fsp3) is 0.417. The zero-order valence-corrected chi connectivity index (χ0v) is 12.3. The summed E-state index contributed by atoms with van der Waals surface area (Å²) < 4.78 is 27.0. The molecule has 6 heteroatoms. The maximum absolute atomic E-state index is 12.2. The van der Waals surface area contributed by atoms with Crippen LogP contribution >= 0.6 is 12.2 Å². The molecule has 0 fully saturated rings. The molecule has 1 aromatic carbocycles. The minimum atomic E-state index is -3.60. The van der Waals surface area contributed by atoms with Gasteiger partial charge in [-0.3, -0.25) is 0 Å². The summed E-state index contributed by atoms with van der Waals surface area (Å²) in [5, 5.41) is 0. The summed E-state index contributed by atoms with van der Waals surface area (Å²) in [6.45, 7) is 5.48. The molecule has 1 atom stereocenters. The minimum absolute atomic E-state index is 0.00120. The van der Waals surface area contributed by atoms with Crippen LogP contribution in [0.4, 0.5) is 0 Å². The lowest BCUT2D eigenvalue weighted by atomic mass is 10.1. The van der Waals surface area contributed by atoms with Crippen LogP contribution in [0.15, 0.2) is 29.2 Å². The average Bonchev–Trinajstić information content (AvgIpc) is 2.25. The number of benzene rings is 1. The van der Waals surface area contributed by atoms with Crippen molar-refractivity contribution in [2.75, 3.05) is 0 Å². The first-order valence-electron chi connectivity index (χ1n) is 5.63. The van der Waals surface area contributed by atoms with Gasteiger partial charge < -0.3 is 5.73 Å². The molecule has 1 rings (SSSR count). The quantitative estimate of drug-likeness (QED) is 0.806. The number of nitrogens with two attached hydrogens (primary N) is 1. The second kappa shape index (κ2) is 5.77. The third-order valence-electron chi connectivity index (χ3n) is 2.64. The second-order valence-corrected chi connectivity index (χ2v) is 6.66. The molecule has 0 saturated heterocycles. The van der Waals surface area contributed by atoms with Crippen molar-refractivity contribution in [3.05, 3.63) is 29.8 Å². The summed E-state index contributed by atoms with van der Waals surface area (Å²) in [5.41, 5.74) is 6.26. The Labute approximate surface area is 114 Å². The summed E-state index contributed by atoms with van der Waals surface area (Å²) in [4.78, 5) is 0.411. The van der Waals surface area contributed by atoms with E-state index >= 15 is 0 Å². The van der Waals surface area contributed by atoms with Crippen LogP contribution in [-0.2, 0) is 10.0 Å². The van der Waals surface area contributed by atoms with Crippen molar-refractivity contribution in [3.63, 3.8) is 0 Å². The smallest absolute Gasteiger partial charge is 0.241 e. The standard InChI is InChI=1S/C12H18N2O2S2/c1-8(2)11(12(13)17)14-18(15,16)10-7-5-4-6-9(10)3/h4-8,11,14H,1-3H3,(H2,13,17). The van der Waals surface area contributed by atoms with Gasteiger partial charge >= 0.3 is 0 Å². The first-order chi connectivity index (χ1) is 8.25. The summed E-state index contributed by atoms with van der Waals surface area (Å²) in [6, 6.07) is 6.26. The van der Waals surface area contributed by atoms with Crippen molar-refractivity contribution in [1.82, 2.24) is 4.72 Å². The Morgan fingerprint density at radius 2 is 1.89 bits per heavy atom. The molecule has 3 N–H and O–H groups in total. The highest BCUT2D eigenvalue weighted by Gasteiger charge is 2.25. The van der Waals surface area contributed by atoms with Gasteiger partial charge in [0.05, 0.1) is 15.9 Å². The third kappa shape index (κ3) is 3.51. The number of thiocarbonyl (C=S) groups is 1. The monoisotopic (exact) mass is 286 g/mol. The highest BCUT2D eigenvalue weighted by atomic mass is 32.2. The fourth-order valence-electron chi connectivity index (χ4n) is 1.61. The lowest BCUT2D eigenvalue weighted by molar-refractivity contribution is 0.526. The van der Waals surface area contributed by atoms with Crippen LogP contribution in [0.2, 0.25) is 0 Å². The maximum Gasteiger partial charge on any atom is 0.241 e. The molecule has 100 valence electrons. The average molecular weight is 286 g/mol. The zero-order valence-electron chi connectivity index (χ0n) is 10.7. The van der Waals surface area contributed by atoms with Crippen LogP contribution in [0.5, 0.6) is 0 Å². The van der Waals surface area contributed by atoms with E-state index in [2.05, 4.69) is 4.72 Å². The van der Waals surface area contributed by atoms with Crippen molar-refractivity contribution < 1.29 is 8.42 Å². The lowest BCUT2D eigenvalue weighted by Gasteiger charge is -2.21. The normalized spacial score (nSPS) is 13.6. The van der Waals surface area contributed by atoms with Crippen molar-refractivity contribution in [2.45, 2.75) is 31.7 Å². The van der Waals surface area contributed by atoms with Gasteiger partial charge in [0, 0.05) is 0 Å². The van der Waals surface area contributed by atoms with Crippen LogP contribution in [0.3, 0.4) is 0 Å². The van der Waals surface area contributed by atoms with E-state index in [9.17, 15) is 8.42 Å². The van der Waals surface area contributed by atoms with E-state index in [1.54, 1.807) is 31.2 Å². The minimum Gasteiger partial charge on any atom is -0.392 e. The molecule has 0 radical (unpaired) electrons. The van der Waals surface area contributed by atoms with Gasteiger partial charge in [-0.1, -0.05) is 44.3 Å². The second-order valence-electron chi connectivity index (χ2n) is 4.51. The molecular formula is C12H18N2O2S2. The number of hydrogen-bond donors (Lipinski definition) is 2. The Hall–Kier alpha value is -0.980. The van der Waals surface area contributed by atoms with Crippen molar-refractivity contribution in [3.8, 4) is 0 Å². The van der Waals surface area contributed by atoms with Gasteiger partial charge in [0.15, 0.2) is 0 Å². The Morgan fingerprint density at radius 1 is 1.33 bits per heavy atom. The molecule has 0 aromatic heterocycles. The van der Waals surface area contributed by atoms with E-state index in [-0.39, 0.29) is 15.8 Å². The number of nitrogens with one attached hydrogen (secondary N) is 1. The number of sulfonamides is 1. The molecule has 0 aliphatic rings. The summed E-state index contributed by atoms with van der Waals surface area (Å²) in [5.74, 6) is 0.00120. The van der Waals surface area contributed by atoms with Crippen LogP contribution in [0.1, 0.15) is 19.4 Å². The number of rotatable bonds is 5. The predicted octanol–water partition coefficient (Wildman–Crippen LogP) is 1.58. The van der Waals surface area contributed by atoms with E-state index < -0.39 is 16.1 Å². The molecule has 0 heterocycles. The van der Waals surface area contributed by atoms with Crippen molar-refractivity contribution in [1.29, 1.82) is 0 Å². The third-order valence-corrected chi connectivity index (χ3v) is 4.49. The zero-order chi connectivity index (χ0) is 13.9. The summed E-state index contributed by atoms with van der Waals surface area (Å²) in [7, 11) is -3.60. The first-order valence-corrected chi connectivity index (χ1v) is 7.52. The van der Waals surface area contributed by atoms with Gasteiger partial charge in [0.25, 0.3) is 0 Å². The Kier molecular flexibility index (Phi) is 4.84. The van der Waals surface area contributed by atoms with Gasteiger partial charge in [-0.15, -0.1) is 0 Å². The molecule has 1 unspecified atom stereocenters. The topological polar surface area (TPSA) is 72.2 Å².